The van der Waals surface area contributed by atoms with E-state index in [9.17, 15) is 0 Å². The van der Waals surface area contributed by atoms with Crippen LogP contribution < -0.4 is 5.32 Å². The third-order valence-electron chi connectivity index (χ3n) is 4.78. The first kappa shape index (κ1) is 12.6. The zero-order valence-corrected chi connectivity index (χ0v) is 12.0. The Morgan fingerprint density at radius 2 is 1.83 bits per heavy atom. The van der Waals surface area contributed by atoms with Crippen LogP contribution in [0.4, 0.5) is 5.69 Å². The molecule has 1 unspecified atom stereocenters. The van der Waals surface area contributed by atoms with Gasteiger partial charge in [0.1, 0.15) is 0 Å². The molecular weight excluding hydrogens is 265 g/mol. The van der Waals surface area contributed by atoms with Gasteiger partial charge in [0.2, 0.25) is 0 Å². The third-order valence-corrected chi connectivity index (χ3v) is 5.33. The van der Waals surface area contributed by atoms with E-state index in [4.69, 9.17) is 23.2 Å². The fraction of sp³-hybridized carbons (Fsp3) is 0.600. The number of benzene rings is 1. The Morgan fingerprint density at radius 3 is 2.44 bits per heavy atom. The van der Waals surface area contributed by atoms with E-state index in [-0.39, 0.29) is 0 Å². The summed E-state index contributed by atoms with van der Waals surface area (Å²) in [6, 6.07) is 6.33. The number of anilines is 1. The maximum absolute atomic E-state index is 6.24. The molecule has 0 aliphatic heterocycles. The van der Waals surface area contributed by atoms with Gasteiger partial charge in [0.15, 0.2) is 0 Å². The first-order chi connectivity index (χ1) is 8.70. The summed E-state index contributed by atoms with van der Waals surface area (Å²) in [5, 5.41) is 5.08. The van der Waals surface area contributed by atoms with Crippen molar-refractivity contribution in [2.24, 2.45) is 5.41 Å². The molecule has 3 heteroatoms. The molecule has 2 aliphatic rings. The van der Waals surface area contributed by atoms with Crippen LogP contribution in [0.1, 0.15) is 44.9 Å². The van der Waals surface area contributed by atoms with Gasteiger partial charge in [0.25, 0.3) is 0 Å². The highest BCUT2D eigenvalue weighted by Gasteiger charge is 2.46. The lowest BCUT2D eigenvalue weighted by atomic mass is 9.57. The minimum absolute atomic E-state index is 0.557. The monoisotopic (exact) mass is 283 g/mol. The zero-order valence-electron chi connectivity index (χ0n) is 10.5. The number of hydrogen-bond acceptors (Lipinski definition) is 1. The second-order valence-corrected chi connectivity index (χ2v) is 6.63. The summed E-state index contributed by atoms with van der Waals surface area (Å²) in [6.07, 6.45) is 9.63. The van der Waals surface area contributed by atoms with Gasteiger partial charge in [-0.15, -0.1) is 0 Å². The molecule has 0 saturated heterocycles. The number of rotatable bonds is 2. The Hall–Kier alpha value is -0.400. The van der Waals surface area contributed by atoms with Crippen LogP contribution in [0.2, 0.25) is 10.0 Å². The van der Waals surface area contributed by atoms with Crippen molar-refractivity contribution in [2.75, 3.05) is 5.32 Å². The van der Waals surface area contributed by atoms with Crippen molar-refractivity contribution in [3.05, 3.63) is 28.2 Å². The molecule has 2 fully saturated rings. The molecule has 0 amide bonds. The molecule has 3 rings (SSSR count). The molecule has 1 aromatic carbocycles. The van der Waals surface area contributed by atoms with Crippen molar-refractivity contribution in [1.82, 2.24) is 0 Å². The summed E-state index contributed by atoms with van der Waals surface area (Å²) in [5.41, 5.74) is 1.59. The van der Waals surface area contributed by atoms with Crippen molar-refractivity contribution in [3.8, 4) is 0 Å². The Bertz CT molecular complexity index is 438. The number of halogens is 2. The Labute approximate surface area is 119 Å². The van der Waals surface area contributed by atoms with Crippen LogP contribution in [0.15, 0.2) is 18.2 Å². The number of nitrogens with one attached hydrogen (secondary N) is 1. The minimum Gasteiger partial charge on any atom is -0.381 e. The summed E-state index contributed by atoms with van der Waals surface area (Å²) < 4.78 is 0. The van der Waals surface area contributed by atoms with Gasteiger partial charge < -0.3 is 5.32 Å². The second-order valence-electron chi connectivity index (χ2n) is 5.78. The van der Waals surface area contributed by atoms with Crippen LogP contribution in [-0.4, -0.2) is 6.04 Å². The van der Waals surface area contributed by atoms with E-state index >= 15 is 0 Å². The van der Waals surface area contributed by atoms with Gasteiger partial charge in [0, 0.05) is 11.1 Å². The first-order valence-electron chi connectivity index (χ1n) is 6.91. The molecule has 1 spiro atoms. The van der Waals surface area contributed by atoms with Crippen LogP contribution >= 0.6 is 23.2 Å². The van der Waals surface area contributed by atoms with Crippen molar-refractivity contribution >= 4 is 28.9 Å². The molecule has 1 atom stereocenters. The Morgan fingerprint density at radius 1 is 1.06 bits per heavy atom. The minimum atomic E-state index is 0.557. The van der Waals surface area contributed by atoms with Gasteiger partial charge in [-0.1, -0.05) is 42.5 Å². The first-order valence-corrected chi connectivity index (χ1v) is 7.67. The average molecular weight is 284 g/mol. The van der Waals surface area contributed by atoms with E-state index in [1.807, 2.05) is 18.2 Å². The molecule has 2 saturated carbocycles. The SMILES string of the molecule is Clc1ccc(NC2CCC23CCCCC3)c(Cl)c1. The highest BCUT2D eigenvalue weighted by molar-refractivity contribution is 6.36. The second kappa shape index (κ2) is 4.94. The van der Waals surface area contributed by atoms with Gasteiger partial charge in [-0.05, 0) is 49.3 Å². The summed E-state index contributed by atoms with van der Waals surface area (Å²) >= 11 is 12.2. The highest BCUT2D eigenvalue weighted by Crippen LogP contribution is 2.53. The predicted molar refractivity (Wildman–Crippen MR) is 78.6 cm³/mol. The van der Waals surface area contributed by atoms with Crippen molar-refractivity contribution < 1.29 is 0 Å². The molecule has 18 heavy (non-hydrogen) atoms. The third kappa shape index (κ3) is 2.23. The largest absolute Gasteiger partial charge is 0.381 e. The predicted octanol–water partition coefficient (Wildman–Crippen LogP) is 5.52. The molecule has 98 valence electrons. The van der Waals surface area contributed by atoms with Crippen LogP contribution in [0.25, 0.3) is 0 Å². The van der Waals surface area contributed by atoms with Gasteiger partial charge in [-0.25, -0.2) is 0 Å². The molecular formula is C15H19Cl2N. The van der Waals surface area contributed by atoms with Gasteiger partial charge >= 0.3 is 0 Å². The fourth-order valence-electron chi connectivity index (χ4n) is 3.57. The molecule has 0 heterocycles. The van der Waals surface area contributed by atoms with E-state index in [1.165, 1.54) is 44.9 Å². The molecule has 0 radical (unpaired) electrons. The molecule has 1 N–H and O–H groups in total. The van der Waals surface area contributed by atoms with Crippen LogP contribution in [-0.2, 0) is 0 Å². The Kier molecular flexibility index (Phi) is 3.46. The summed E-state index contributed by atoms with van der Waals surface area (Å²) in [7, 11) is 0. The molecule has 0 bridgehead atoms. The molecule has 2 aliphatic carbocycles. The van der Waals surface area contributed by atoms with Gasteiger partial charge in [-0.3, -0.25) is 0 Å². The van der Waals surface area contributed by atoms with E-state index in [0.29, 0.717) is 16.5 Å². The lowest BCUT2D eigenvalue weighted by Gasteiger charge is -2.52. The zero-order chi connectivity index (χ0) is 12.6. The molecule has 1 aromatic rings. The van der Waals surface area contributed by atoms with Crippen LogP contribution in [0, 0.1) is 5.41 Å². The number of hydrogen-bond donors (Lipinski definition) is 1. The average Bonchev–Trinajstić information content (AvgIpc) is 2.37. The molecule has 1 nitrogen and oxygen atoms in total. The van der Waals surface area contributed by atoms with E-state index < -0.39 is 0 Å². The van der Waals surface area contributed by atoms with Gasteiger partial charge in [-0.2, -0.15) is 0 Å². The van der Waals surface area contributed by atoms with Gasteiger partial charge in [0.05, 0.1) is 10.7 Å². The van der Waals surface area contributed by atoms with Crippen molar-refractivity contribution in [2.45, 2.75) is 51.0 Å². The molecule has 0 aromatic heterocycles. The smallest absolute Gasteiger partial charge is 0.0652 e. The summed E-state index contributed by atoms with van der Waals surface area (Å²) in [5.74, 6) is 0. The topological polar surface area (TPSA) is 12.0 Å². The standard InChI is InChI=1S/C15H19Cl2N/c16-11-4-5-13(12(17)10-11)18-14-6-9-15(14)7-2-1-3-8-15/h4-5,10,14,18H,1-3,6-9H2. The van der Waals surface area contributed by atoms with Crippen LogP contribution in [0.5, 0.6) is 0 Å². The Balaban J connectivity index is 1.72. The maximum atomic E-state index is 6.24. The summed E-state index contributed by atoms with van der Waals surface area (Å²) in [6.45, 7) is 0. The van der Waals surface area contributed by atoms with E-state index in [2.05, 4.69) is 5.32 Å². The fourth-order valence-corrected chi connectivity index (χ4v) is 4.03. The lowest BCUT2D eigenvalue weighted by Crippen LogP contribution is -2.50. The summed E-state index contributed by atoms with van der Waals surface area (Å²) in [4.78, 5) is 0. The highest BCUT2D eigenvalue weighted by atomic mass is 35.5. The van der Waals surface area contributed by atoms with Crippen molar-refractivity contribution in [3.63, 3.8) is 0 Å². The lowest BCUT2D eigenvalue weighted by molar-refractivity contribution is 0.0571. The van der Waals surface area contributed by atoms with Crippen molar-refractivity contribution in [1.29, 1.82) is 0 Å². The quantitative estimate of drug-likeness (QED) is 0.754. The van der Waals surface area contributed by atoms with E-state index in [0.717, 1.165) is 10.7 Å². The van der Waals surface area contributed by atoms with E-state index in [1.54, 1.807) is 0 Å². The normalized spacial score (nSPS) is 25.8. The maximum Gasteiger partial charge on any atom is 0.0652 e. The van der Waals surface area contributed by atoms with Crippen LogP contribution in [0.3, 0.4) is 0 Å².